The van der Waals surface area contributed by atoms with Crippen LogP contribution in [0, 0.1) is 5.92 Å². The van der Waals surface area contributed by atoms with Crippen LogP contribution in [0.4, 0.5) is 0 Å². The molecular weight excluding hydrogens is 195 g/mol. The first-order valence-corrected chi connectivity index (χ1v) is 5.35. The molecule has 14 heavy (non-hydrogen) atoms. The van der Waals surface area contributed by atoms with Crippen molar-refractivity contribution >= 4 is 35.4 Å². The van der Waals surface area contributed by atoms with Gasteiger partial charge in [0, 0.05) is 9.65 Å². The van der Waals surface area contributed by atoms with Crippen LogP contribution in [0.15, 0.2) is 18.2 Å². The van der Waals surface area contributed by atoms with E-state index < -0.39 is 7.12 Å². The minimum absolute atomic E-state index is 0.442. The highest BCUT2D eigenvalue weighted by molar-refractivity contribution is 7.23. The highest BCUT2D eigenvalue weighted by Crippen LogP contribution is 2.23. The maximum atomic E-state index is 9.01. The van der Waals surface area contributed by atoms with E-state index in [1.54, 1.807) is 0 Å². The second kappa shape index (κ2) is 3.73. The minimum Gasteiger partial charge on any atom is -0.423 e. The summed E-state index contributed by atoms with van der Waals surface area (Å²) < 4.78 is 0.596. The molecule has 1 aliphatic rings. The van der Waals surface area contributed by atoms with Crippen LogP contribution in [-0.4, -0.2) is 17.2 Å². The summed E-state index contributed by atoms with van der Waals surface area (Å²) in [5.41, 5.74) is 1.07. The van der Waals surface area contributed by atoms with Crippen LogP contribution in [0.1, 0.15) is 17.4 Å². The monoisotopic (exact) mass is 206 g/mol. The van der Waals surface area contributed by atoms with Gasteiger partial charge in [-0.2, -0.15) is 0 Å². The number of thiophene rings is 1. The quantitative estimate of drug-likeness (QED) is 0.675. The molecule has 1 unspecified atom stereocenters. The van der Waals surface area contributed by atoms with Crippen molar-refractivity contribution in [3.05, 3.63) is 28.7 Å². The maximum Gasteiger partial charge on any atom is 0.499 e. The molecule has 0 fully saturated rings. The summed E-state index contributed by atoms with van der Waals surface area (Å²) in [6.07, 6.45) is 8.27. The lowest BCUT2D eigenvalue weighted by molar-refractivity contribution is 0.427. The van der Waals surface area contributed by atoms with E-state index in [1.807, 2.05) is 18.2 Å². The van der Waals surface area contributed by atoms with Crippen molar-refractivity contribution in [2.75, 3.05) is 0 Å². The highest BCUT2D eigenvalue weighted by atomic mass is 32.1. The largest absolute Gasteiger partial charge is 0.499 e. The molecule has 1 aromatic rings. The fourth-order valence-corrected chi connectivity index (χ4v) is 2.32. The van der Waals surface area contributed by atoms with E-state index >= 15 is 0 Å². The first-order chi connectivity index (χ1) is 6.66. The predicted octanol–water partition coefficient (Wildman–Crippen LogP) is 1.10. The zero-order valence-corrected chi connectivity index (χ0v) is 8.66. The number of hydrogen-bond donors (Lipinski definition) is 2. The third-order valence-electron chi connectivity index (χ3n) is 2.20. The SMILES string of the molecule is CC1C=Cc2cc(B(O)O)sc2C=C1. The molecule has 0 saturated heterocycles. The summed E-state index contributed by atoms with van der Waals surface area (Å²) in [7, 11) is -1.36. The summed E-state index contributed by atoms with van der Waals surface area (Å²) in [6.45, 7) is 2.12. The van der Waals surface area contributed by atoms with Crippen LogP contribution >= 0.6 is 11.3 Å². The number of allylic oxidation sites excluding steroid dienone is 2. The Bertz CT molecular complexity index is 361. The van der Waals surface area contributed by atoms with Crippen molar-refractivity contribution < 1.29 is 10.0 Å². The molecule has 0 aromatic carbocycles. The van der Waals surface area contributed by atoms with Gasteiger partial charge in [-0.05, 0) is 23.6 Å². The van der Waals surface area contributed by atoms with Crippen LogP contribution < -0.4 is 4.78 Å². The molecule has 72 valence electrons. The lowest BCUT2D eigenvalue weighted by Crippen LogP contribution is -2.26. The van der Waals surface area contributed by atoms with Crippen LogP contribution in [0.5, 0.6) is 0 Å². The zero-order chi connectivity index (χ0) is 10.1. The third kappa shape index (κ3) is 1.82. The van der Waals surface area contributed by atoms with Crippen LogP contribution in [0.2, 0.25) is 0 Å². The van der Waals surface area contributed by atoms with Crippen molar-refractivity contribution in [2.45, 2.75) is 6.92 Å². The lowest BCUT2D eigenvalue weighted by atomic mass is 9.89. The van der Waals surface area contributed by atoms with E-state index in [0.717, 1.165) is 10.4 Å². The van der Waals surface area contributed by atoms with Crippen molar-refractivity contribution in [2.24, 2.45) is 5.92 Å². The summed E-state index contributed by atoms with van der Waals surface area (Å²) in [4.78, 5) is 1.09. The number of fused-ring (bicyclic) bond motifs is 1. The lowest BCUT2D eigenvalue weighted by Gasteiger charge is -1.93. The van der Waals surface area contributed by atoms with Crippen molar-refractivity contribution in [1.82, 2.24) is 0 Å². The van der Waals surface area contributed by atoms with Gasteiger partial charge in [0.1, 0.15) is 0 Å². The van der Waals surface area contributed by atoms with E-state index in [4.69, 9.17) is 10.0 Å². The van der Waals surface area contributed by atoms with E-state index in [2.05, 4.69) is 19.1 Å². The van der Waals surface area contributed by atoms with Gasteiger partial charge >= 0.3 is 7.12 Å². The molecule has 1 aromatic heterocycles. The third-order valence-corrected chi connectivity index (χ3v) is 3.35. The van der Waals surface area contributed by atoms with E-state index in [9.17, 15) is 0 Å². The Morgan fingerprint density at radius 2 is 2.00 bits per heavy atom. The first-order valence-electron chi connectivity index (χ1n) is 4.53. The predicted molar refractivity (Wildman–Crippen MR) is 61.4 cm³/mol. The van der Waals surface area contributed by atoms with Gasteiger partial charge in [0.25, 0.3) is 0 Å². The van der Waals surface area contributed by atoms with Gasteiger partial charge in [-0.25, -0.2) is 0 Å². The smallest absolute Gasteiger partial charge is 0.423 e. The molecule has 1 atom stereocenters. The van der Waals surface area contributed by atoms with Gasteiger partial charge in [-0.1, -0.05) is 25.2 Å². The Morgan fingerprint density at radius 1 is 1.29 bits per heavy atom. The van der Waals surface area contributed by atoms with Crippen molar-refractivity contribution in [3.8, 4) is 0 Å². The standard InChI is InChI=1S/C10H11BO2S/c1-7-2-4-8-6-10(11(12)13)14-9(8)5-3-7/h2-7,12-13H,1H3. The Kier molecular flexibility index (Phi) is 2.59. The van der Waals surface area contributed by atoms with E-state index in [-0.39, 0.29) is 0 Å². The van der Waals surface area contributed by atoms with Gasteiger partial charge in [0.15, 0.2) is 0 Å². The minimum atomic E-state index is -1.36. The number of hydrogen-bond acceptors (Lipinski definition) is 3. The molecule has 2 nitrogen and oxygen atoms in total. The molecule has 2 rings (SSSR count). The summed E-state index contributed by atoms with van der Waals surface area (Å²) >= 11 is 1.42. The molecule has 4 heteroatoms. The Labute approximate surface area is 87.4 Å². The molecule has 0 amide bonds. The summed E-state index contributed by atoms with van der Waals surface area (Å²) in [6, 6.07) is 1.82. The fraction of sp³-hybridized carbons (Fsp3) is 0.200. The number of rotatable bonds is 1. The second-order valence-corrected chi connectivity index (χ2v) is 4.53. The summed E-state index contributed by atoms with van der Waals surface area (Å²) in [5, 5.41) is 18.0. The molecule has 0 bridgehead atoms. The molecule has 0 aliphatic heterocycles. The molecular formula is C10H11BO2S. The average molecular weight is 206 g/mol. The maximum absolute atomic E-state index is 9.01. The topological polar surface area (TPSA) is 40.5 Å². The Morgan fingerprint density at radius 3 is 2.71 bits per heavy atom. The normalized spacial score (nSPS) is 19.2. The highest BCUT2D eigenvalue weighted by Gasteiger charge is 2.16. The van der Waals surface area contributed by atoms with Gasteiger partial charge in [-0.15, -0.1) is 11.3 Å². The van der Waals surface area contributed by atoms with Crippen LogP contribution in [0.3, 0.4) is 0 Å². The molecule has 1 heterocycles. The molecule has 2 N–H and O–H groups in total. The van der Waals surface area contributed by atoms with Gasteiger partial charge < -0.3 is 10.0 Å². The zero-order valence-electron chi connectivity index (χ0n) is 7.84. The fourth-order valence-electron chi connectivity index (χ4n) is 1.39. The Balaban J connectivity index is 2.41. The van der Waals surface area contributed by atoms with E-state index in [0.29, 0.717) is 10.7 Å². The van der Waals surface area contributed by atoms with Crippen LogP contribution in [0.25, 0.3) is 12.2 Å². The molecule has 0 radical (unpaired) electrons. The Hall–Kier alpha value is -0.835. The van der Waals surface area contributed by atoms with Crippen molar-refractivity contribution in [1.29, 1.82) is 0 Å². The van der Waals surface area contributed by atoms with E-state index in [1.165, 1.54) is 11.3 Å². The van der Waals surface area contributed by atoms with Gasteiger partial charge in [-0.3, -0.25) is 0 Å². The van der Waals surface area contributed by atoms with Gasteiger partial charge in [0.05, 0.1) is 0 Å². The second-order valence-electron chi connectivity index (χ2n) is 3.42. The first kappa shape index (κ1) is 9.71. The average Bonchev–Trinajstić information content (AvgIpc) is 2.48. The van der Waals surface area contributed by atoms with Crippen molar-refractivity contribution in [3.63, 3.8) is 0 Å². The summed E-state index contributed by atoms with van der Waals surface area (Å²) in [5.74, 6) is 0.442. The van der Waals surface area contributed by atoms with Crippen LogP contribution in [-0.2, 0) is 0 Å². The molecule has 0 saturated carbocycles. The molecule has 1 aliphatic carbocycles. The van der Waals surface area contributed by atoms with Gasteiger partial charge in [0.2, 0.25) is 0 Å². The molecule has 0 spiro atoms.